The molecule has 0 saturated heterocycles. The van der Waals surface area contributed by atoms with Crippen LogP contribution >= 0.6 is 0 Å². The molecule has 1 unspecified atom stereocenters. The van der Waals surface area contributed by atoms with E-state index in [0.29, 0.717) is 6.04 Å². The molecule has 70 valence electrons. The van der Waals surface area contributed by atoms with Gasteiger partial charge in [0.25, 0.3) is 0 Å². The first-order valence-electron chi connectivity index (χ1n) is 4.45. The Hall–Kier alpha value is -1.32. The van der Waals surface area contributed by atoms with Gasteiger partial charge in [-0.05, 0) is 24.8 Å². The summed E-state index contributed by atoms with van der Waals surface area (Å²) >= 11 is 0. The van der Waals surface area contributed by atoms with Gasteiger partial charge in [-0.3, -0.25) is 10.1 Å². The Morgan fingerprint density at radius 2 is 2.69 bits per heavy atom. The zero-order chi connectivity index (χ0) is 9.10. The molecule has 1 aliphatic rings. The van der Waals surface area contributed by atoms with E-state index in [2.05, 4.69) is 15.2 Å². The summed E-state index contributed by atoms with van der Waals surface area (Å²) in [7, 11) is 1.62. The minimum absolute atomic E-state index is 0.366. The smallest absolute Gasteiger partial charge is 0.169 e. The minimum atomic E-state index is 0.366. The van der Waals surface area contributed by atoms with Gasteiger partial charge in [-0.15, -0.1) is 0 Å². The van der Waals surface area contributed by atoms with Crippen LogP contribution in [0, 0.1) is 0 Å². The Morgan fingerprint density at radius 1 is 1.77 bits per heavy atom. The van der Waals surface area contributed by atoms with Crippen molar-refractivity contribution in [1.29, 1.82) is 0 Å². The molecule has 1 atom stereocenters. The van der Waals surface area contributed by atoms with Crippen molar-refractivity contribution in [3.8, 4) is 0 Å². The van der Waals surface area contributed by atoms with Crippen LogP contribution in [-0.2, 0) is 17.6 Å². The lowest BCUT2D eigenvalue weighted by molar-refractivity contribution is 0.414. The summed E-state index contributed by atoms with van der Waals surface area (Å²) in [4.78, 5) is 4.29. The summed E-state index contributed by atoms with van der Waals surface area (Å²) in [6, 6.07) is 0.366. The zero-order valence-electron chi connectivity index (χ0n) is 7.66. The van der Waals surface area contributed by atoms with E-state index < -0.39 is 0 Å². The summed E-state index contributed by atoms with van der Waals surface area (Å²) in [6.07, 6.45) is 6.52. The van der Waals surface area contributed by atoms with E-state index >= 15 is 0 Å². The molecule has 1 N–H and O–H groups in total. The highest BCUT2D eigenvalue weighted by atomic mass is 16.5. The molecule has 0 aliphatic heterocycles. The van der Waals surface area contributed by atoms with Crippen LogP contribution in [0.15, 0.2) is 11.2 Å². The zero-order valence-corrected chi connectivity index (χ0v) is 7.66. The molecule has 4 heteroatoms. The first-order chi connectivity index (χ1) is 6.40. The van der Waals surface area contributed by atoms with E-state index in [-0.39, 0.29) is 0 Å². The Morgan fingerprint density at radius 3 is 3.54 bits per heavy atom. The van der Waals surface area contributed by atoms with Crippen molar-refractivity contribution in [2.45, 2.75) is 25.3 Å². The molecule has 0 radical (unpaired) electrons. The summed E-state index contributed by atoms with van der Waals surface area (Å²) in [5.41, 5.74) is 2.56. The van der Waals surface area contributed by atoms with E-state index in [1.807, 2.05) is 6.20 Å². The van der Waals surface area contributed by atoms with Crippen LogP contribution in [0.4, 0.5) is 0 Å². The monoisotopic (exact) mass is 179 g/mol. The van der Waals surface area contributed by atoms with Crippen LogP contribution in [0.25, 0.3) is 0 Å². The Balaban J connectivity index is 2.04. The van der Waals surface area contributed by atoms with Gasteiger partial charge in [0, 0.05) is 5.69 Å². The number of nitrogens with zero attached hydrogens (tertiary/aromatic N) is 2. The summed E-state index contributed by atoms with van der Waals surface area (Å²) in [5.74, 6) is 0. The van der Waals surface area contributed by atoms with Crippen molar-refractivity contribution >= 4 is 6.40 Å². The van der Waals surface area contributed by atoms with Gasteiger partial charge < -0.3 is 4.74 Å². The van der Waals surface area contributed by atoms with E-state index in [1.165, 1.54) is 17.7 Å². The van der Waals surface area contributed by atoms with E-state index in [0.717, 1.165) is 19.3 Å². The lowest BCUT2D eigenvalue weighted by atomic mass is 9.94. The van der Waals surface area contributed by atoms with Crippen LogP contribution in [0.3, 0.4) is 0 Å². The van der Waals surface area contributed by atoms with Crippen LogP contribution in [0.1, 0.15) is 17.7 Å². The molecule has 0 spiro atoms. The second kappa shape index (κ2) is 3.60. The second-order valence-electron chi connectivity index (χ2n) is 3.26. The second-order valence-corrected chi connectivity index (χ2v) is 3.26. The van der Waals surface area contributed by atoms with Crippen molar-refractivity contribution in [2.75, 3.05) is 7.11 Å². The molecule has 0 saturated carbocycles. The van der Waals surface area contributed by atoms with Gasteiger partial charge >= 0.3 is 0 Å². The fourth-order valence-corrected chi connectivity index (χ4v) is 1.67. The Kier molecular flexibility index (Phi) is 2.29. The third-order valence-corrected chi connectivity index (χ3v) is 2.37. The maximum absolute atomic E-state index is 4.80. The summed E-state index contributed by atoms with van der Waals surface area (Å²) < 4.78 is 4.80. The van der Waals surface area contributed by atoms with Crippen molar-refractivity contribution in [3.05, 3.63) is 17.5 Å². The number of nitrogens with one attached hydrogen (secondary N) is 1. The highest BCUT2D eigenvalue weighted by Gasteiger charge is 2.18. The molecule has 0 bridgehead atoms. The molecule has 1 aliphatic carbocycles. The topological polar surface area (TPSA) is 50.3 Å². The van der Waals surface area contributed by atoms with Crippen molar-refractivity contribution in [3.63, 3.8) is 0 Å². The fraction of sp³-hybridized carbons (Fsp3) is 0.556. The van der Waals surface area contributed by atoms with Gasteiger partial charge in [-0.25, -0.2) is 0 Å². The third kappa shape index (κ3) is 1.71. The maximum Gasteiger partial charge on any atom is 0.169 e. The summed E-state index contributed by atoms with van der Waals surface area (Å²) in [5, 5.41) is 7.01. The van der Waals surface area contributed by atoms with E-state index in [1.54, 1.807) is 7.11 Å². The van der Waals surface area contributed by atoms with Crippen molar-refractivity contribution < 1.29 is 4.74 Å². The molecule has 2 rings (SSSR count). The van der Waals surface area contributed by atoms with Gasteiger partial charge in [0.05, 0.1) is 19.3 Å². The van der Waals surface area contributed by atoms with Crippen LogP contribution in [0.2, 0.25) is 0 Å². The lowest BCUT2D eigenvalue weighted by Crippen LogP contribution is -2.16. The van der Waals surface area contributed by atoms with Gasteiger partial charge in [0.1, 0.15) is 0 Å². The lowest BCUT2D eigenvalue weighted by Gasteiger charge is -2.16. The molecular formula is C9H13N3O. The number of ether oxygens (including phenoxy) is 1. The van der Waals surface area contributed by atoms with Crippen molar-refractivity contribution in [2.24, 2.45) is 4.99 Å². The Labute approximate surface area is 77.0 Å². The molecule has 0 fully saturated rings. The van der Waals surface area contributed by atoms with Gasteiger partial charge in [0.2, 0.25) is 0 Å². The third-order valence-electron chi connectivity index (χ3n) is 2.37. The van der Waals surface area contributed by atoms with Crippen molar-refractivity contribution in [1.82, 2.24) is 10.2 Å². The van der Waals surface area contributed by atoms with Gasteiger partial charge in [-0.1, -0.05) is 0 Å². The number of hydrogen-bond acceptors (Lipinski definition) is 3. The molecular weight excluding hydrogens is 166 g/mol. The highest BCUT2D eigenvalue weighted by molar-refractivity contribution is 5.46. The van der Waals surface area contributed by atoms with Crippen LogP contribution in [-0.4, -0.2) is 29.7 Å². The standard InChI is InChI=1S/C9H13N3O/c1-13-6-10-8-2-3-9-7(4-8)5-11-12-9/h5-6,8H,2-4H2,1H3,(H,11,12). The number of hydrogen-bond donors (Lipinski definition) is 1. The fourth-order valence-electron chi connectivity index (χ4n) is 1.67. The Bertz CT molecular complexity index is 306. The van der Waals surface area contributed by atoms with Crippen LogP contribution < -0.4 is 0 Å². The largest absolute Gasteiger partial charge is 0.487 e. The molecule has 4 nitrogen and oxygen atoms in total. The minimum Gasteiger partial charge on any atom is -0.487 e. The average Bonchev–Trinajstić information content (AvgIpc) is 2.61. The van der Waals surface area contributed by atoms with E-state index in [4.69, 9.17) is 4.74 Å². The van der Waals surface area contributed by atoms with Crippen LogP contribution in [0.5, 0.6) is 0 Å². The number of rotatable bonds is 2. The van der Waals surface area contributed by atoms with Gasteiger partial charge in [-0.2, -0.15) is 5.10 Å². The predicted octanol–water partition coefficient (Wildman–Crippen LogP) is 0.942. The molecule has 1 heterocycles. The van der Waals surface area contributed by atoms with Gasteiger partial charge in [0.15, 0.2) is 6.40 Å². The predicted molar refractivity (Wildman–Crippen MR) is 49.9 cm³/mol. The number of fused-ring (bicyclic) bond motifs is 1. The molecule has 13 heavy (non-hydrogen) atoms. The molecule has 1 aromatic rings. The number of aromatic nitrogens is 2. The number of H-pyrrole nitrogens is 1. The first-order valence-corrected chi connectivity index (χ1v) is 4.45. The average molecular weight is 179 g/mol. The molecule has 0 amide bonds. The molecule has 1 aromatic heterocycles. The number of aryl methyl sites for hydroxylation is 1. The normalized spacial score (nSPS) is 21.8. The highest BCUT2D eigenvalue weighted by Crippen LogP contribution is 2.20. The quantitative estimate of drug-likeness (QED) is 0.542. The first kappa shape index (κ1) is 8.29. The van der Waals surface area contributed by atoms with E-state index in [9.17, 15) is 0 Å². The number of aromatic amines is 1. The maximum atomic E-state index is 4.80. The molecule has 0 aromatic carbocycles. The number of methoxy groups -OCH3 is 1. The summed E-state index contributed by atoms with van der Waals surface area (Å²) in [6.45, 7) is 0. The SMILES string of the molecule is COC=NC1CCc2[nH]ncc2C1. The number of aliphatic imine (C=N–C) groups is 1.